The van der Waals surface area contributed by atoms with Crippen molar-refractivity contribution in [2.75, 3.05) is 7.11 Å². The lowest BCUT2D eigenvalue weighted by Gasteiger charge is -1.95. The maximum Gasteiger partial charge on any atom is 0.333 e. The van der Waals surface area contributed by atoms with E-state index in [1.165, 1.54) is 13.2 Å². The first-order valence-corrected chi connectivity index (χ1v) is 2.97. The predicted molar refractivity (Wildman–Crippen MR) is 40.5 cm³/mol. The van der Waals surface area contributed by atoms with Gasteiger partial charge in [0.15, 0.2) is 0 Å². The van der Waals surface area contributed by atoms with Crippen LogP contribution in [0.25, 0.3) is 0 Å². The van der Waals surface area contributed by atoms with E-state index in [1.807, 2.05) is 0 Å². The van der Waals surface area contributed by atoms with Gasteiger partial charge >= 0.3 is 5.97 Å². The van der Waals surface area contributed by atoms with Gasteiger partial charge in [0.2, 0.25) is 0 Å². The van der Waals surface area contributed by atoms with Gasteiger partial charge in [0.1, 0.15) is 0 Å². The minimum atomic E-state index is -0.443. The van der Waals surface area contributed by atoms with E-state index in [9.17, 15) is 4.79 Å². The number of hydrogen-bond acceptors (Lipinski definition) is 3. The summed E-state index contributed by atoms with van der Waals surface area (Å²) in [6.45, 7) is 4.95. The molecule has 0 aliphatic carbocycles. The highest BCUT2D eigenvalue weighted by Gasteiger charge is 2.01. The summed E-state index contributed by atoms with van der Waals surface area (Å²) in [6.07, 6.45) is 1.38. The molecule has 0 aromatic carbocycles. The Kier molecular flexibility index (Phi) is 3.68. The molecule has 0 unspecified atom stereocenters. The number of nitriles is 1. The molecule has 0 aliphatic heterocycles. The molecule has 58 valence electrons. The third kappa shape index (κ3) is 3.21. The largest absolute Gasteiger partial charge is 0.466 e. The Balaban J connectivity index is 4.37. The lowest BCUT2D eigenvalue weighted by atomic mass is 10.2. The van der Waals surface area contributed by atoms with Gasteiger partial charge in [-0.3, -0.25) is 0 Å². The van der Waals surface area contributed by atoms with Gasteiger partial charge in [-0.1, -0.05) is 6.58 Å². The quantitative estimate of drug-likeness (QED) is 0.258. The van der Waals surface area contributed by atoms with Gasteiger partial charge in [-0.25, -0.2) is 4.79 Å². The second-order valence-electron chi connectivity index (χ2n) is 1.96. The molecule has 0 heterocycles. The molecular formula is C8H9NO2. The van der Waals surface area contributed by atoms with Gasteiger partial charge in [0, 0.05) is 11.1 Å². The first-order valence-electron chi connectivity index (χ1n) is 2.97. The summed E-state index contributed by atoms with van der Waals surface area (Å²) in [5.74, 6) is -0.443. The summed E-state index contributed by atoms with van der Waals surface area (Å²) < 4.78 is 4.40. The van der Waals surface area contributed by atoms with Crippen LogP contribution in [-0.2, 0) is 9.53 Å². The smallest absolute Gasteiger partial charge is 0.333 e. The van der Waals surface area contributed by atoms with Crippen LogP contribution in [0.15, 0.2) is 23.8 Å². The van der Waals surface area contributed by atoms with Crippen molar-refractivity contribution >= 4 is 5.97 Å². The Morgan fingerprint density at radius 3 is 2.64 bits per heavy atom. The van der Waals surface area contributed by atoms with Crippen molar-refractivity contribution in [3.63, 3.8) is 0 Å². The summed E-state index contributed by atoms with van der Waals surface area (Å²) in [6, 6.07) is 1.80. The summed E-state index contributed by atoms with van der Waals surface area (Å²) in [5.41, 5.74) is 0.618. The van der Waals surface area contributed by atoms with E-state index in [4.69, 9.17) is 5.26 Å². The first-order chi connectivity index (χ1) is 5.11. The molecule has 0 fully saturated rings. The zero-order valence-electron chi connectivity index (χ0n) is 6.55. The molecule has 11 heavy (non-hydrogen) atoms. The number of carbonyl (C=O) groups is 1. The second-order valence-corrected chi connectivity index (χ2v) is 1.96. The number of esters is 1. The fourth-order valence-corrected chi connectivity index (χ4v) is 0.514. The fourth-order valence-electron chi connectivity index (χ4n) is 0.514. The van der Waals surface area contributed by atoms with Gasteiger partial charge in [-0.15, -0.1) is 0 Å². The standard InChI is InChI=1S/C8H9NO2/c1-6(5-9)4-7(2)8(10)11-3/h4H,1H2,2-3H3. The molecule has 0 aliphatic rings. The lowest BCUT2D eigenvalue weighted by Crippen LogP contribution is -2.01. The highest BCUT2D eigenvalue weighted by atomic mass is 16.5. The Labute approximate surface area is 65.6 Å². The average molecular weight is 151 g/mol. The molecule has 0 atom stereocenters. The highest BCUT2D eigenvalue weighted by Crippen LogP contribution is 2.00. The van der Waals surface area contributed by atoms with E-state index < -0.39 is 5.97 Å². The molecule has 0 rings (SSSR count). The van der Waals surface area contributed by atoms with Crippen molar-refractivity contribution in [3.8, 4) is 6.07 Å². The van der Waals surface area contributed by atoms with Crippen molar-refractivity contribution in [1.82, 2.24) is 0 Å². The van der Waals surface area contributed by atoms with Crippen LogP contribution in [0.1, 0.15) is 6.92 Å². The number of methoxy groups -OCH3 is 1. The maximum absolute atomic E-state index is 10.7. The third-order valence-corrected chi connectivity index (χ3v) is 1.04. The molecule has 3 nitrogen and oxygen atoms in total. The van der Waals surface area contributed by atoms with Crippen LogP contribution in [0.5, 0.6) is 0 Å². The molecule has 0 N–H and O–H groups in total. The molecule has 0 saturated carbocycles. The molecule has 0 saturated heterocycles. The fraction of sp³-hybridized carbons (Fsp3) is 0.250. The zero-order valence-corrected chi connectivity index (χ0v) is 6.55. The van der Waals surface area contributed by atoms with Crippen molar-refractivity contribution in [2.24, 2.45) is 0 Å². The van der Waals surface area contributed by atoms with E-state index in [2.05, 4.69) is 11.3 Å². The SMILES string of the molecule is C=C(C#N)C=C(C)C(=O)OC. The topological polar surface area (TPSA) is 50.1 Å². The second kappa shape index (κ2) is 4.29. The van der Waals surface area contributed by atoms with E-state index in [0.717, 1.165) is 0 Å². The van der Waals surface area contributed by atoms with Crippen LogP contribution >= 0.6 is 0 Å². The predicted octanol–water partition coefficient (Wildman–Crippen LogP) is 1.19. The van der Waals surface area contributed by atoms with E-state index in [1.54, 1.807) is 13.0 Å². The third-order valence-electron chi connectivity index (χ3n) is 1.04. The molecule has 0 radical (unpaired) electrons. The van der Waals surface area contributed by atoms with Gasteiger partial charge in [-0.05, 0) is 13.0 Å². The maximum atomic E-state index is 10.7. The molecule has 3 heteroatoms. The Bertz CT molecular complexity index is 245. The molecule has 0 aromatic rings. The normalized spacial score (nSPS) is 10.1. The van der Waals surface area contributed by atoms with E-state index in [-0.39, 0.29) is 5.57 Å². The van der Waals surface area contributed by atoms with Crippen LogP contribution in [0.3, 0.4) is 0 Å². The Morgan fingerprint density at radius 2 is 2.27 bits per heavy atom. The van der Waals surface area contributed by atoms with Crippen LogP contribution in [0.2, 0.25) is 0 Å². The van der Waals surface area contributed by atoms with Crippen molar-refractivity contribution in [2.45, 2.75) is 6.92 Å². The summed E-state index contributed by atoms with van der Waals surface area (Å²) >= 11 is 0. The molecule has 0 amide bonds. The van der Waals surface area contributed by atoms with Gasteiger partial charge < -0.3 is 4.74 Å². The minimum Gasteiger partial charge on any atom is -0.466 e. The average Bonchev–Trinajstić information content (AvgIpc) is 2.02. The van der Waals surface area contributed by atoms with Crippen molar-refractivity contribution in [3.05, 3.63) is 23.8 Å². The van der Waals surface area contributed by atoms with Gasteiger partial charge in [0.05, 0.1) is 13.2 Å². The number of allylic oxidation sites excluding steroid dienone is 2. The summed E-state index contributed by atoms with van der Waals surface area (Å²) in [4.78, 5) is 10.7. The van der Waals surface area contributed by atoms with Crippen LogP contribution < -0.4 is 0 Å². The van der Waals surface area contributed by atoms with Crippen LogP contribution in [0, 0.1) is 11.3 Å². The van der Waals surface area contributed by atoms with Crippen molar-refractivity contribution in [1.29, 1.82) is 5.26 Å². The minimum absolute atomic E-state index is 0.243. The lowest BCUT2D eigenvalue weighted by molar-refractivity contribution is -0.136. The number of ether oxygens (including phenoxy) is 1. The Hall–Kier alpha value is -1.56. The highest BCUT2D eigenvalue weighted by molar-refractivity contribution is 5.88. The zero-order chi connectivity index (χ0) is 8.85. The van der Waals surface area contributed by atoms with Crippen LogP contribution in [0.4, 0.5) is 0 Å². The molecule has 0 spiro atoms. The summed E-state index contributed by atoms with van der Waals surface area (Å²) in [7, 11) is 1.29. The molecule has 0 bridgehead atoms. The summed E-state index contributed by atoms with van der Waals surface area (Å²) in [5, 5.41) is 8.29. The first kappa shape index (κ1) is 9.44. The number of carbonyl (C=O) groups excluding carboxylic acids is 1. The van der Waals surface area contributed by atoms with Gasteiger partial charge in [-0.2, -0.15) is 5.26 Å². The van der Waals surface area contributed by atoms with Crippen molar-refractivity contribution < 1.29 is 9.53 Å². The van der Waals surface area contributed by atoms with E-state index >= 15 is 0 Å². The van der Waals surface area contributed by atoms with Gasteiger partial charge in [0.25, 0.3) is 0 Å². The Morgan fingerprint density at radius 1 is 1.73 bits per heavy atom. The molecular weight excluding hydrogens is 142 g/mol. The van der Waals surface area contributed by atoms with E-state index in [0.29, 0.717) is 5.57 Å². The van der Waals surface area contributed by atoms with Crippen LogP contribution in [-0.4, -0.2) is 13.1 Å². The monoisotopic (exact) mass is 151 g/mol. The molecule has 0 aromatic heterocycles. The number of hydrogen-bond donors (Lipinski definition) is 0. The number of rotatable bonds is 2. The number of nitrogens with zero attached hydrogens (tertiary/aromatic N) is 1.